The summed E-state index contributed by atoms with van der Waals surface area (Å²) in [5.74, 6) is 0.00210. The summed E-state index contributed by atoms with van der Waals surface area (Å²) in [6.45, 7) is 3.63. The Morgan fingerprint density at radius 2 is 1.86 bits per heavy atom. The van der Waals surface area contributed by atoms with Gasteiger partial charge in [0, 0.05) is 27.2 Å². The number of halogens is 1. The first-order valence-corrected chi connectivity index (χ1v) is 13.2. The molecule has 1 heterocycles. The molecule has 0 bridgehead atoms. The molecule has 8 nitrogen and oxygen atoms in total. The largest absolute Gasteiger partial charge is 0.496 e. The molecule has 180 valence electrons. The average Bonchev–Trinajstić information content (AvgIpc) is 3.21. The maximum Gasteiger partial charge on any atom is 0.340 e. The summed E-state index contributed by atoms with van der Waals surface area (Å²) in [5, 5.41) is 19.9. The number of nitrogens with zero attached hydrogens (tertiary/aromatic N) is 3. The van der Waals surface area contributed by atoms with Gasteiger partial charge in [-0.1, -0.05) is 15.9 Å². The minimum atomic E-state index is -3.63. The maximum absolute atomic E-state index is 13.2. The lowest BCUT2D eigenvalue weighted by atomic mass is 10.0. The van der Waals surface area contributed by atoms with E-state index in [-0.39, 0.29) is 18.8 Å². The number of rotatable bonds is 9. The van der Waals surface area contributed by atoms with Gasteiger partial charge in [-0.05, 0) is 56.3 Å². The summed E-state index contributed by atoms with van der Waals surface area (Å²) in [4.78, 5) is 13.2. The third-order valence-electron chi connectivity index (χ3n) is 5.08. The highest BCUT2D eigenvalue weighted by atomic mass is 79.9. The zero-order valence-corrected chi connectivity index (χ0v) is 21.9. The van der Waals surface area contributed by atoms with Crippen molar-refractivity contribution in [3.8, 4) is 17.9 Å². The first-order chi connectivity index (χ1) is 16.8. The number of carbonyl (C=O) groups excluding carboxylic acids is 1. The summed E-state index contributed by atoms with van der Waals surface area (Å²) in [5.41, 5.74) is 2.24. The lowest BCUT2D eigenvalue weighted by Crippen LogP contribution is -2.16. The molecule has 0 fully saturated rings. The van der Waals surface area contributed by atoms with Gasteiger partial charge in [0.05, 0.1) is 49.1 Å². The van der Waals surface area contributed by atoms with E-state index in [1.807, 2.05) is 0 Å². The SMILES string of the molecule is CCOP(=O)(CC(=O)n1cc(/C(C#N)=C/c2cc(C#N)ccc2OC)c2cc(Br)ccc21)OCC. The molecule has 3 aromatic rings. The Morgan fingerprint density at radius 1 is 1.14 bits per heavy atom. The van der Waals surface area contributed by atoms with Crippen LogP contribution >= 0.6 is 23.5 Å². The summed E-state index contributed by atoms with van der Waals surface area (Å²) < 4.78 is 31.0. The number of carbonyl (C=O) groups is 1. The van der Waals surface area contributed by atoms with Gasteiger partial charge in [-0.15, -0.1) is 0 Å². The summed E-state index contributed by atoms with van der Waals surface area (Å²) in [6.07, 6.45) is 2.70. The lowest BCUT2D eigenvalue weighted by Gasteiger charge is -2.16. The predicted octanol–water partition coefficient (Wildman–Crippen LogP) is 6.25. The molecule has 0 radical (unpaired) electrons. The van der Waals surface area contributed by atoms with E-state index in [9.17, 15) is 19.9 Å². The molecular formula is C25H23BrN3O5P. The van der Waals surface area contributed by atoms with E-state index in [2.05, 4.69) is 28.1 Å². The maximum atomic E-state index is 13.2. The first-order valence-electron chi connectivity index (χ1n) is 10.7. The molecule has 0 atom stereocenters. The smallest absolute Gasteiger partial charge is 0.340 e. The van der Waals surface area contributed by atoms with Crippen LogP contribution in [0.3, 0.4) is 0 Å². The highest BCUT2D eigenvalue weighted by Crippen LogP contribution is 2.48. The molecule has 0 saturated heterocycles. The van der Waals surface area contributed by atoms with Crippen molar-refractivity contribution in [3.63, 3.8) is 0 Å². The van der Waals surface area contributed by atoms with Crippen LogP contribution in [0.25, 0.3) is 22.6 Å². The molecule has 0 saturated carbocycles. The van der Waals surface area contributed by atoms with Crippen molar-refractivity contribution < 1.29 is 23.1 Å². The number of allylic oxidation sites excluding steroid dienone is 1. The third kappa shape index (κ3) is 5.90. The van der Waals surface area contributed by atoms with E-state index < -0.39 is 19.7 Å². The van der Waals surface area contributed by atoms with E-state index >= 15 is 0 Å². The van der Waals surface area contributed by atoms with Crippen molar-refractivity contribution in [2.75, 3.05) is 26.5 Å². The molecular weight excluding hydrogens is 533 g/mol. The van der Waals surface area contributed by atoms with Crippen LogP contribution in [0.15, 0.2) is 47.1 Å². The molecule has 0 N–H and O–H groups in total. The molecule has 10 heteroatoms. The van der Waals surface area contributed by atoms with Gasteiger partial charge in [0.1, 0.15) is 11.9 Å². The molecule has 2 aromatic carbocycles. The zero-order chi connectivity index (χ0) is 25.6. The second kappa shape index (κ2) is 11.5. The Kier molecular flexibility index (Phi) is 8.67. The second-order valence-electron chi connectivity index (χ2n) is 7.31. The standard InChI is InChI=1S/C25H23BrN3O5P/c1-4-33-35(31,34-5-2)16-25(30)29-15-22(21-12-20(26)7-8-23(21)29)19(14-28)11-18-10-17(13-27)6-9-24(18)32-3/h6-12,15H,4-5,16H2,1-3H3/b19-11+. The van der Waals surface area contributed by atoms with Crippen LogP contribution in [-0.4, -0.2) is 37.0 Å². The van der Waals surface area contributed by atoms with Crippen LogP contribution in [0.4, 0.5) is 0 Å². The second-order valence-corrected chi connectivity index (χ2v) is 10.3. The fourth-order valence-corrected chi connectivity index (χ4v) is 5.52. The summed E-state index contributed by atoms with van der Waals surface area (Å²) in [7, 11) is -2.13. The van der Waals surface area contributed by atoms with E-state index in [1.54, 1.807) is 56.3 Å². The van der Waals surface area contributed by atoms with Crippen LogP contribution in [0.2, 0.25) is 0 Å². The van der Waals surface area contributed by atoms with Crippen LogP contribution in [-0.2, 0) is 13.6 Å². The van der Waals surface area contributed by atoms with Crippen LogP contribution in [0.1, 0.15) is 35.3 Å². The lowest BCUT2D eigenvalue weighted by molar-refractivity contribution is 0.0933. The molecule has 0 aliphatic carbocycles. The molecule has 3 rings (SSSR count). The van der Waals surface area contributed by atoms with Gasteiger partial charge in [0.15, 0.2) is 0 Å². The highest BCUT2D eigenvalue weighted by Gasteiger charge is 2.29. The minimum Gasteiger partial charge on any atom is -0.496 e. The van der Waals surface area contributed by atoms with Crippen molar-refractivity contribution in [2.45, 2.75) is 13.8 Å². The number of hydrogen-bond donors (Lipinski definition) is 0. The number of fused-ring (bicyclic) bond motifs is 1. The number of ether oxygens (including phenoxy) is 1. The number of nitriles is 2. The average molecular weight is 556 g/mol. The fourth-order valence-electron chi connectivity index (χ4n) is 3.63. The van der Waals surface area contributed by atoms with Gasteiger partial charge >= 0.3 is 7.60 Å². The fraction of sp³-hybridized carbons (Fsp3) is 0.240. The predicted molar refractivity (Wildman–Crippen MR) is 137 cm³/mol. The van der Waals surface area contributed by atoms with Gasteiger partial charge in [-0.25, -0.2) is 0 Å². The molecule has 0 aliphatic rings. The van der Waals surface area contributed by atoms with Crippen molar-refractivity contribution in [1.29, 1.82) is 10.5 Å². The van der Waals surface area contributed by atoms with Crippen molar-refractivity contribution in [1.82, 2.24) is 4.57 Å². The van der Waals surface area contributed by atoms with Crippen molar-refractivity contribution >= 4 is 52.0 Å². The van der Waals surface area contributed by atoms with Crippen LogP contribution in [0, 0.1) is 22.7 Å². The quantitative estimate of drug-likeness (QED) is 0.226. The van der Waals surface area contributed by atoms with Gasteiger partial charge in [0.25, 0.3) is 0 Å². The first kappa shape index (κ1) is 26.4. The number of benzene rings is 2. The van der Waals surface area contributed by atoms with Gasteiger partial charge in [-0.2, -0.15) is 10.5 Å². The number of hydrogen-bond acceptors (Lipinski definition) is 7. The summed E-state index contributed by atoms with van der Waals surface area (Å²) >= 11 is 3.45. The topological polar surface area (TPSA) is 114 Å². The zero-order valence-electron chi connectivity index (χ0n) is 19.4. The van der Waals surface area contributed by atoms with E-state index in [1.165, 1.54) is 17.9 Å². The van der Waals surface area contributed by atoms with E-state index in [4.69, 9.17) is 13.8 Å². The Balaban J connectivity index is 2.17. The van der Waals surface area contributed by atoms with E-state index in [0.29, 0.717) is 33.3 Å². The molecule has 35 heavy (non-hydrogen) atoms. The van der Waals surface area contributed by atoms with Gasteiger partial charge in [0.2, 0.25) is 5.91 Å². The van der Waals surface area contributed by atoms with Crippen LogP contribution in [0.5, 0.6) is 5.75 Å². The van der Waals surface area contributed by atoms with E-state index in [0.717, 1.165) is 4.47 Å². The Morgan fingerprint density at radius 3 is 2.46 bits per heavy atom. The minimum absolute atomic E-state index is 0.139. The summed E-state index contributed by atoms with van der Waals surface area (Å²) in [6, 6.07) is 14.5. The highest BCUT2D eigenvalue weighted by molar-refractivity contribution is 9.10. The molecule has 0 unspecified atom stereocenters. The normalized spacial score (nSPS) is 11.8. The Labute approximate surface area is 212 Å². The third-order valence-corrected chi connectivity index (χ3v) is 7.54. The molecule has 0 aliphatic heterocycles. The Hall–Kier alpha value is -3.20. The Bertz CT molecular complexity index is 1420. The molecule has 0 spiro atoms. The van der Waals surface area contributed by atoms with Gasteiger partial charge in [-0.3, -0.25) is 13.9 Å². The monoisotopic (exact) mass is 555 g/mol. The molecule has 1 aromatic heterocycles. The van der Waals surface area contributed by atoms with Crippen LogP contribution < -0.4 is 4.74 Å². The number of methoxy groups -OCH3 is 1. The number of aromatic nitrogens is 1. The molecule has 0 amide bonds. The van der Waals surface area contributed by atoms with Crippen molar-refractivity contribution in [3.05, 3.63) is 63.8 Å². The van der Waals surface area contributed by atoms with Gasteiger partial charge < -0.3 is 13.8 Å². The van der Waals surface area contributed by atoms with Crippen molar-refractivity contribution in [2.24, 2.45) is 0 Å².